The third kappa shape index (κ3) is 1.94. The van der Waals surface area contributed by atoms with Gasteiger partial charge in [0.15, 0.2) is 5.78 Å². The van der Waals surface area contributed by atoms with Gasteiger partial charge in [-0.25, -0.2) is 0 Å². The molecule has 2 aromatic carbocycles. The lowest BCUT2D eigenvalue weighted by Gasteiger charge is -2.11. The van der Waals surface area contributed by atoms with E-state index >= 15 is 0 Å². The van der Waals surface area contributed by atoms with Crippen LogP contribution in [0.2, 0.25) is 10.0 Å². The second-order valence-electron chi connectivity index (χ2n) is 4.46. The zero-order valence-electron chi connectivity index (χ0n) is 9.49. The molecule has 0 unspecified atom stereocenters. The maximum Gasteiger partial charge on any atom is 0.164 e. The van der Waals surface area contributed by atoms with Gasteiger partial charge < -0.3 is 0 Å². The number of ketones is 1. The van der Waals surface area contributed by atoms with E-state index in [1.54, 1.807) is 6.07 Å². The lowest BCUT2D eigenvalue weighted by atomic mass is 9.93. The topological polar surface area (TPSA) is 17.1 Å². The summed E-state index contributed by atoms with van der Waals surface area (Å²) < 4.78 is 0. The third-order valence-electron chi connectivity index (χ3n) is 3.35. The van der Waals surface area contributed by atoms with Gasteiger partial charge in [0, 0.05) is 27.9 Å². The maximum absolute atomic E-state index is 12.0. The summed E-state index contributed by atoms with van der Waals surface area (Å²) in [6.45, 7) is 0. The first-order chi connectivity index (χ1) is 8.65. The van der Waals surface area contributed by atoms with Crippen molar-refractivity contribution >= 4 is 29.0 Å². The summed E-state index contributed by atoms with van der Waals surface area (Å²) in [7, 11) is 0. The van der Waals surface area contributed by atoms with E-state index < -0.39 is 0 Å². The Morgan fingerprint density at radius 2 is 1.61 bits per heavy atom. The van der Waals surface area contributed by atoms with E-state index in [9.17, 15) is 4.79 Å². The summed E-state index contributed by atoms with van der Waals surface area (Å²) in [6.07, 6.45) is 0.511. The lowest BCUT2D eigenvalue weighted by molar-refractivity contribution is 0.0991. The molecule has 0 saturated carbocycles. The van der Waals surface area contributed by atoms with E-state index in [2.05, 4.69) is 0 Å². The number of carbonyl (C=O) groups excluding carboxylic acids is 1. The molecular weight excluding hydrogens is 267 g/mol. The standard InChI is InChI=1S/C15H10Cl2O/c16-10-3-1-9(2-4-10)13-8-15(18)14-7-11(17)5-6-12(13)14/h1-7,13H,8H2/t13-/m0/s1. The first-order valence-electron chi connectivity index (χ1n) is 5.73. The van der Waals surface area contributed by atoms with E-state index in [0.29, 0.717) is 16.5 Å². The van der Waals surface area contributed by atoms with Gasteiger partial charge in [-0.05, 0) is 35.4 Å². The van der Waals surface area contributed by atoms with Crippen molar-refractivity contribution in [1.29, 1.82) is 0 Å². The van der Waals surface area contributed by atoms with Crippen LogP contribution in [0.4, 0.5) is 0 Å². The fourth-order valence-electron chi connectivity index (χ4n) is 2.47. The third-order valence-corrected chi connectivity index (χ3v) is 3.84. The molecule has 3 heteroatoms. The highest BCUT2D eigenvalue weighted by molar-refractivity contribution is 6.31. The van der Waals surface area contributed by atoms with Gasteiger partial charge in [0.1, 0.15) is 0 Å². The first-order valence-corrected chi connectivity index (χ1v) is 6.49. The van der Waals surface area contributed by atoms with Crippen molar-refractivity contribution in [2.24, 2.45) is 0 Å². The molecule has 0 bridgehead atoms. The maximum atomic E-state index is 12.0. The molecule has 90 valence electrons. The van der Waals surface area contributed by atoms with Crippen LogP contribution in [0, 0.1) is 0 Å². The Bertz CT molecular complexity index is 617. The minimum atomic E-state index is 0.127. The average molecular weight is 277 g/mol. The van der Waals surface area contributed by atoms with E-state index in [1.807, 2.05) is 36.4 Å². The van der Waals surface area contributed by atoms with Gasteiger partial charge in [0.2, 0.25) is 0 Å². The number of hydrogen-bond donors (Lipinski definition) is 0. The number of halogens is 2. The largest absolute Gasteiger partial charge is 0.294 e. The Hall–Kier alpha value is -1.31. The average Bonchev–Trinajstić information content (AvgIpc) is 2.68. The van der Waals surface area contributed by atoms with Gasteiger partial charge in [0.25, 0.3) is 0 Å². The zero-order chi connectivity index (χ0) is 12.7. The Morgan fingerprint density at radius 3 is 2.33 bits per heavy atom. The molecule has 1 aliphatic rings. The molecule has 0 heterocycles. The number of rotatable bonds is 1. The van der Waals surface area contributed by atoms with Gasteiger partial charge in [-0.3, -0.25) is 4.79 Å². The van der Waals surface area contributed by atoms with Gasteiger partial charge in [-0.15, -0.1) is 0 Å². The molecule has 0 aliphatic heterocycles. The van der Waals surface area contributed by atoms with Crippen LogP contribution < -0.4 is 0 Å². The first kappa shape index (κ1) is 11.8. The summed E-state index contributed by atoms with van der Waals surface area (Å²) in [5.41, 5.74) is 2.93. The summed E-state index contributed by atoms with van der Waals surface area (Å²) >= 11 is 11.8. The number of hydrogen-bond acceptors (Lipinski definition) is 1. The second-order valence-corrected chi connectivity index (χ2v) is 5.34. The number of Topliss-reactive ketones (excluding diaryl/α,β-unsaturated/α-hetero) is 1. The monoisotopic (exact) mass is 276 g/mol. The minimum Gasteiger partial charge on any atom is -0.294 e. The highest BCUT2D eigenvalue weighted by Crippen LogP contribution is 2.39. The van der Waals surface area contributed by atoms with E-state index in [-0.39, 0.29) is 11.7 Å². The predicted molar refractivity (Wildman–Crippen MR) is 73.7 cm³/mol. The number of benzene rings is 2. The van der Waals surface area contributed by atoms with Crippen molar-refractivity contribution in [3.8, 4) is 0 Å². The highest BCUT2D eigenvalue weighted by Gasteiger charge is 2.30. The molecule has 1 aliphatic carbocycles. The lowest BCUT2D eigenvalue weighted by Crippen LogP contribution is -1.96. The van der Waals surface area contributed by atoms with Crippen LogP contribution in [0.15, 0.2) is 42.5 Å². The molecule has 1 atom stereocenters. The SMILES string of the molecule is O=C1C[C@@H](c2ccc(Cl)cc2)c2ccc(Cl)cc21. The van der Waals surface area contributed by atoms with Gasteiger partial charge in [0.05, 0.1) is 0 Å². The van der Waals surface area contributed by atoms with Crippen molar-refractivity contribution in [3.05, 3.63) is 69.2 Å². The Labute approximate surface area is 115 Å². The molecule has 0 amide bonds. The van der Waals surface area contributed by atoms with Crippen molar-refractivity contribution < 1.29 is 4.79 Å². The summed E-state index contributed by atoms with van der Waals surface area (Å²) in [4.78, 5) is 12.0. The molecule has 2 aromatic rings. The molecule has 18 heavy (non-hydrogen) atoms. The van der Waals surface area contributed by atoms with Crippen LogP contribution in [0.25, 0.3) is 0 Å². The summed E-state index contributed by atoms with van der Waals surface area (Å²) in [5, 5.41) is 1.32. The Kier molecular flexibility index (Phi) is 2.89. The van der Waals surface area contributed by atoms with E-state index in [4.69, 9.17) is 23.2 Å². The van der Waals surface area contributed by atoms with Gasteiger partial charge in [-0.2, -0.15) is 0 Å². The molecule has 0 fully saturated rings. The van der Waals surface area contributed by atoms with Crippen LogP contribution in [-0.4, -0.2) is 5.78 Å². The summed E-state index contributed by atoms with van der Waals surface area (Å²) in [5.74, 6) is 0.287. The Balaban J connectivity index is 2.07. The second kappa shape index (κ2) is 4.42. The zero-order valence-corrected chi connectivity index (χ0v) is 11.0. The highest BCUT2D eigenvalue weighted by atomic mass is 35.5. The van der Waals surface area contributed by atoms with Crippen LogP contribution in [-0.2, 0) is 0 Å². The van der Waals surface area contributed by atoms with Gasteiger partial charge >= 0.3 is 0 Å². The van der Waals surface area contributed by atoms with E-state index in [0.717, 1.165) is 16.7 Å². The van der Waals surface area contributed by atoms with Crippen molar-refractivity contribution in [2.45, 2.75) is 12.3 Å². The van der Waals surface area contributed by atoms with Crippen molar-refractivity contribution in [3.63, 3.8) is 0 Å². The normalized spacial score (nSPS) is 17.9. The molecule has 0 saturated heterocycles. The minimum absolute atomic E-state index is 0.127. The van der Waals surface area contributed by atoms with Crippen molar-refractivity contribution in [2.75, 3.05) is 0 Å². The molecule has 1 nitrogen and oxygen atoms in total. The molecule has 0 radical (unpaired) electrons. The number of carbonyl (C=O) groups is 1. The Morgan fingerprint density at radius 1 is 0.944 bits per heavy atom. The molecule has 3 rings (SSSR count). The van der Waals surface area contributed by atoms with E-state index in [1.165, 1.54) is 0 Å². The fourth-order valence-corrected chi connectivity index (χ4v) is 2.77. The number of fused-ring (bicyclic) bond motifs is 1. The smallest absolute Gasteiger partial charge is 0.164 e. The van der Waals surface area contributed by atoms with Crippen LogP contribution in [0.3, 0.4) is 0 Å². The fraction of sp³-hybridized carbons (Fsp3) is 0.133. The molecule has 0 aromatic heterocycles. The van der Waals surface area contributed by atoms with Crippen LogP contribution in [0.5, 0.6) is 0 Å². The van der Waals surface area contributed by atoms with Crippen molar-refractivity contribution in [1.82, 2.24) is 0 Å². The van der Waals surface area contributed by atoms with Gasteiger partial charge in [-0.1, -0.05) is 41.4 Å². The van der Waals surface area contributed by atoms with Crippen LogP contribution >= 0.6 is 23.2 Å². The predicted octanol–water partition coefficient (Wildman–Crippen LogP) is 4.71. The van der Waals surface area contributed by atoms with Crippen LogP contribution in [0.1, 0.15) is 33.8 Å². The quantitative estimate of drug-likeness (QED) is 0.737. The molecular formula is C15H10Cl2O. The molecule has 0 N–H and O–H groups in total. The summed E-state index contributed by atoms with van der Waals surface area (Å²) in [6, 6.07) is 13.2. The molecule has 0 spiro atoms.